The normalized spacial score (nSPS) is 18.8. The third-order valence-electron chi connectivity index (χ3n) is 6.06. The predicted molar refractivity (Wildman–Crippen MR) is 136 cm³/mol. The van der Waals surface area contributed by atoms with Crippen molar-refractivity contribution in [3.8, 4) is 17.1 Å². The molecule has 0 saturated heterocycles. The molecule has 11 heteroatoms. The van der Waals surface area contributed by atoms with Crippen molar-refractivity contribution in [2.24, 2.45) is 0 Å². The summed E-state index contributed by atoms with van der Waals surface area (Å²) in [6, 6.07) is 9.81. The fraction of sp³-hybridized carbons (Fsp3) is 0.385. The second kappa shape index (κ2) is 12.2. The lowest BCUT2D eigenvalue weighted by atomic mass is 10.1. The lowest BCUT2D eigenvalue weighted by Crippen LogP contribution is -2.55. The van der Waals surface area contributed by atoms with Gasteiger partial charge in [0.15, 0.2) is 0 Å². The number of nitrogens with zero attached hydrogens (tertiary/aromatic N) is 3. The number of nitrogens with one attached hydrogen (secondary N) is 3. The van der Waals surface area contributed by atoms with E-state index in [4.69, 9.17) is 4.74 Å². The number of aliphatic hydroxyl groups is 1. The first-order chi connectivity index (χ1) is 17.9. The van der Waals surface area contributed by atoms with Gasteiger partial charge in [-0.2, -0.15) is 0 Å². The van der Waals surface area contributed by atoms with E-state index in [1.807, 2.05) is 35.0 Å². The summed E-state index contributed by atoms with van der Waals surface area (Å²) in [5.74, 6) is 0.0764. The van der Waals surface area contributed by atoms with Crippen LogP contribution in [0.1, 0.15) is 30.3 Å². The maximum Gasteiger partial charge on any atom is 0.270 e. The van der Waals surface area contributed by atoms with Gasteiger partial charge in [0.05, 0.1) is 19.3 Å². The highest BCUT2D eigenvalue weighted by Crippen LogP contribution is 2.23. The van der Waals surface area contributed by atoms with E-state index >= 15 is 0 Å². The van der Waals surface area contributed by atoms with E-state index in [9.17, 15) is 19.5 Å². The van der Waals surface area contributed by atoms with Crippen LogP contribution in [-0.4, -0.2) is 80.6 Å². The average Bonchev–Trinajstić information content (AvgIpc) is 3.58. The van der Waals surface area contributed by atoms with E-state index in [1.165, 1.54) is 11.8 Å². The predicted octanol–water partition coefficient (Wildman–Crippen LogP) is 1.17. The number of carbonyl (C=O) groups excluding carboxylic acids is 3. The monoisotopic (exact) mass is 508 g/mol. The second-order valence-electron chi connectivity index (χ2n) is 8.91. The number of aliphatic hydroxyl groups excluding tert-OH is 1. The van der Waals surface area contributed by atoms with Crippen LogP contribution in [0.15, 0.2) is 55.0 Å². The highest BCUT2D eigenvalue weighted by atomic mass is 16.5. The number of aryl methyl sites for hydroxylation is 1. The van der Waals surface area contributed by atoms with Crippen LogP contribution in [-0.2, 0) is 16.1 Å². The molecule has 2 bridgehead atoms. The summed E-state index contributed by atoms with van der Waals surface area (Å²) >= 11 is 0. The number of fused-ring (bicyclic) bond motifs is 4. The molecular formula is C26H32N6O5. The molecule has 0 fully saturated rings. The minimum atomic E-state index is -1.15. The Kier molecular flexibility index (Phi) is 8.57. The Morgan fingerprint density at radius 3 is 2.84 bits per heavy atom. The molecule has 11 nitrogen and oxygen atoms in total. The molecule has 1 aromatic carbocycles. The minimum Gasteiger partial charge on any atom is -0.494 e. The average molecular weight is 509 g/mol. The molecular weight excluding hydrogens is 476 g/mol. The lowest BCUT2D eigenvalue weighted by molar-refractivity contribution is -0.131. The van der Waals surface area contributed by atoms with Gasteiger partial charge in [0, 0.05) is 43.8 Å². The summed E-state index contributed by atoms with van der Waals surface area (Å²) < 4.78 is 7.94. The van der Waals surface area contributed by atoms with Gasteiger partial charge in [-0.3, -0.25) is 14.4 Å². The molecule has 2 atom stereocenters. The number of hydrogen-bond acceptors (Lipinski definition) is 6. The largest absolute Gasteiger partial charge is 0.494 e. The van der Waals surface area contributed by atoms with Crippen LogP contribution in [0.4, 0.5) is 0 Å². The van der Waals surface area contributed by atoms with Gasteiger partial charge in [-0.25, -0.2) is 4.98 Å². The maximum absolute atomic E-state index is 13.0. The smallest absolute Gasteiger partial charge is 0.270 e. The van der Waals surface area contributed by atoms with Crippen LogP contribution in [0, 0.1) is 0 Å². The van der Waals surface area contributed by atoms with E-state index < -0.39 is 24.0 Å². The molecule has 4 rings (SSSR count). The number of rotatable bonds is 2. The van der Waals surface area contributed by atoms with Crippen molar-refractivity contribution in [2.75, 3.05) is 26.2 Å². The van der Waals surface area contributed by atoms with Crippen LogP contribution >= 0.6 is 0 Å². The lowest BCUT2D eigenvalue weighted by Gasteiger charge is -2.25. The summed E-state index contributed by atoms with van der Waals surface area (Å²) in [6.07, 6.45) is 5.20. The van der Waals surface area contributed by atoms with Crippen LogP contribution < -0.4 is 15.4 Å². The zero-order valence-electron chi connectivity index (χ0n) is 20.7. The van der Waals surface area contributed by atoms with Crippen molar-refractivity contribution in [3.63, 3.8) is 0 Å². The molecule has 0 spiro atoms. The van der Waals surface area contributed by atoms with Crippen LogP contribution in [0.3, 0.4) is 0 Å². The molecule has 196 valence electrons. The van der Waals surface area contributed by atoms with Crippen molar-refractivity contribution in [3.05, 3.63) is 60.7 Å². The highest BCUT2D eigenvalue weighted by molar-refractivity contribution is 5.96. The Balaban J connectivity index is 1.55. The van der Waals surface area contributed by atoms with E-state index in [1.54, 1.807) is 24.5 Å². The maximum atomic E-state index is 13.0. The summed E-state index contributed by atoms with van der Waals surface area (Å²) in [5.41, 5.74) is 1.25. The third kappa shape index (κ3) is 6.76. The summed E-state index contributed by atoms with van der Waals surface area (Å²) in [7, 11) is 0. The third-order valence-corrected chi connectivity index (χ3v) is 6.06. The molecule has 4 N–H and O–H groups in total. The van der Waals surface area contributed by atoms with Crippen molar-refractivity contribution < 1.29 is 24.2 Å². The Labute approximate surface area is 214 Å². The molecule has 3 amide bonds. The molecule has 3 heterocycles. The highest BCUT2D eigenvalue weighted by Gasteiger charge is 2.27. The Hall–Kier alpha value is -4.12. The molecule has 0 aliphatic carbocycles. The number of aromatic nitrogens is 3. The number of imidazole rings is 1. The second-order valence-corrected chi connectivity index (χ2v) is 8.91. The number of carbonyl (C=O) groups is 3. The number of amides is 3. The summed E-state index contributed by atoms with van der Waals surface area (Å²) in [6.45, 7) is 2.70. The van der Waals surface area contributed by atoms with Crippen molar-refractivity contribution in [1.29, 1.82) is 0 Å². The van der Waals surface area contributed by atoms with Crippen LogP contribution in [0.25, 0.3) is 11.4 Å². The molecule has 0 unspecified atom stereocenters. The molecule has 0 radical (unpaired) electrons. The topological polar surface area (TPSA) is 142 Å². The van der Waals surface area contributed by atoms with Gasteiger partial charge >= 0.3 is 0 Å². The first-order valence-corrected chi connectivity index (χ1v) is 12.3. The first kappa shape index (κ1) is 26.0. The Bertz CT molecular complexity index is 1210. The fourth-order valence-corrected chi connectivity index (χ4v) is 4.18. The van der Waals surface area contributed by atoms with Crippen LogP contribution in [0.5, 0.6) is 5.75 Å². The van der Waals surface area contributed by atoms with E-state index in [-0.39, 0.29) is 19.0 Å². The van der Waals surface area contributed by atoms with Gasteiger partial charge < -0.3 is 34.9 Å². The van der Waals surface area contributed by atoms with Gasteiger partial charge in [-0.15, -0.1) is 0 Å². The Morgan fingerprint density at radius 2 is 2.05 bits per heavy atom. The number of hydrogen-bond donors (Lipinski definition) is 4. The van der Waals surface area contributed by atoms with E-state index in [0.29, 0.717) is 44.0 Å². The minimum absolute atomic E-state index is 0.251. The Morgan fingerprint density at radius 1 is 1.19 bits per heavy atom. The number of aromatic amines is 1. The van der Waals surface area contributed by atoms with Crippen molar-refractivity contribution in [1.82, 2.24) is 30.1 Å². The zero-order valence-corrected chi connectivity index (χ0v) is 20.7. The van der Waals surface area contributed by atoms with Gasteiger partial charge in [0.25, 0.3) is 5.91 Å². The van der Waals surface area contributed by atoms with Gasteiger partial charge in [-0.1, -0.05) is 12.1 Å². The fourth-order valence-electron chi connectivity index (χ4n) is 4.18. The summed E-state index contributed by atoms with van der Waals surface area (Å²) in [4.78, 5) is 47.3. The molecule has 3 aromatic rings. The molecule has 0 saturated carbocycles. The quantitative estimate of drug-likeness (QED) is 0.410. The number of H-pyrrole nitrogens is 1. The number of ether oxygens (including phenoxy) is 1. The van der Waals surface area contributed by atoms with E-state index in [0.717, 1.165) is 11.4 Å². The number of benzene rings is 1. The summed E-state index contributed by atoms with van der Waals surface area (Å²) in [5, 5.41) is 15.5. The van der Waals surface area contributed by atoms with Gasteiger partial charge in [-0.05, 0) is 44.0 Å². The zero-order chi connectivity index (χ0) is 26.2. The van der Waals surface area contributed by atoms with Crippen molar-refractivity contribution in [2.45, 2.75) is 38.5 Å². The van der Waals surface area contributed by atoms with Gasteiger partial charge in [0.1, 0.15) is 23.3 Å². The van der Waals surface area contributed by atoms with E-state index in [2.05, 4.69) is 20.6 Å². The van der Waals surface area contributed by atoms with Crippen LogP contribution in [0.2, 0.25) is 0 Å². The molecule has 1 aliphatic rings. The molecule has 2 aromatic heterocycles. The van der Waals surface area contributed by atoms with Gasteiger partial charge in [0.2, 0.25) is 11.8 Å². The first-order valence-electron chi connectivity index (χ1n) is 12.3. The molecule has 37 heavy (non-hydrogen) atoms. The standard InChI is InChI=1S/C26H32N6O5/c1-18(33)23-25(35)29-10-4-12-31-14-11-28-24(31)19-6-2-7-20(16-19)37-15-5-13-32(17-22(34)30-23)26(36)21-8-3-9-27-21/h2-3,6-9,11,14,16,18,23,27,33H,4-5,10,12-13,15,17H2,1H3,(H,29,35)(H,30,34)/t18-,23+/m1/s1. The van der Waals surface area contributed by atoms with Crippen molar-refractivity contribution >= 4 is 17.7 Å². The SMILES string of the molecule is C[C@@H](O)[C@@H]1NC(=O)CN(C(=O)c2ccc[nH]2)CCCOc2cccc(c2)-c2nccn2CCCNC1=O. The molecule has 1 aliphatic heterocycles.